The molecule has 1 aromatic rings. The molecular formula is C20H33N3O3. The zero-order valence-electron chi connectivity index (χ0n) is 16.7. The largest absolute Gasteiger partial charge is 0.492 e. The Morgan fingerprint density at radius 2 is 2.04 bits per heavy atom. The van der Waals surface area contributed by atoms with Crippen LogP contribution in [0.1, 0.15) is 40.2 Å². The number of carbonyl (C=O) groups excluding carboxylic acids is 1. The molecule has 0 spiro atoms. The molecule has 1 amide bonds. The van der Waals surface area contributed by atoms with E-state index < -0.39 is 5.60 Å². The van der Waals surface area contributed by atoms with Crippen LogP contribution in [0, 0.1) is 0 Å². The number of amides is 1. The molecular weight excluding hydrogens is 330 g/mol. The summed E-state index contributed by atoms with van der Waals surface area (Å²) < 4.78 is 11.4. The van der Waals surface area contributed by atoms with E-state index in [0.717, 1.165) is 43.1 Å². The molecule has 1 heterocycles. The predicted molar refractivity (Wildman–Crippen MR) is 105 cm³/mol. The number of benzene rings is 1. The number of aryl methyl sites for hydroxylation is 1. The predicted octanol–water partition coefficient (Wildman–Crippen LogP) is 3.15. The fraction of sp³-hybridized carbons (Fsp3) is 0.650. The minimum Gasteiger partial charge on any atom is -0.492 e. The molecule has 146 valence electrons. The summed E-state index contributed by atoms with van der Waals surface area (Å²) in [5, 5.41) is 0. The molecule has 0 radical (unpaired) electrons. The van der Waals surface area contributed by atoms with Gasteiger partial charge in [0.1, 0.15) is 18.0 Å². The van der Waals surface area contributed by atoms with Crippen LogP contribution in [0.15, 0.2) is 18.2 Å². The summed E-state index contributed by atoms with van der Waals surface area (Å²) in [6, 6.07) is 5.91. The highest BCUT2D eigenvalue weighted by Crippen LogP contribution is 2.22. The average molecular weight is 364 g/mol. The van der Waals surface area contributed by atoms with Gasteiger partial charge in [-0.3, -0.25) is 4.90 Å². The third kappa shape index (κ3) is 5.80. The lowest BCUT2D eigenvalue weighted by Gasteiger charge is -2.40. The summed E-state index contributed by atoms with van der Waals surface area (Å²) in [6.45, 7) is 13.6. The van der Waals surface area contributed by atoms with E-state index in [-0.39, 0.29) is 12.1 Å². The summed E-state index contributed by atoms with van der Waals surface area (Å²) in [7, 11) is 0. The molecule has 1 atom stereocenters. The van der Waals surface area contributed by atoms with Gasteiger partial charge >= 0.3 is 6.09 Å². The number of ether oxygens (including phenoxy) is 2. The molecule has 1 fully saturated rings. The number of nitrogen functional groups attached to an aromatic ring is 1. The van der Waals surface area contributed by atoms with Gasteiger partial charge in [-0.1, -0.05) is 6.92 Å². The van der Waals surface area contributed by atoms with Crippen molar-refractivity contribution >= 4 is 11.8 Å². The first-order valence-corrected chi connectivity index (χ1v) is 9.42. The molecule has 1 aromatic carbocycles. The molecule has 2 N–H and O–H groups in total. The van der Waals surface area contributed by atoms with E-state index in [1.165, 1.54) is 0 Å². The molecule has 26 heavy (non-hydrogen) atoms. The molecule has 0 saturated carbocycles. The van der Waals surface area contributed by atoms with Gasteiger partial charge in [-0.25, -0.2) is 4.79 Å². The third-order valence-electron chi connectivity index (χ3n) is 4.47. The smallest absolute Gasteiger partial charge is 0.410 e. The van der Waals surface area contributed by atoms with Crippen LogP contribution in [0.3, 0.4) is 0 Å². The average Bonchev–Trinajstić information content (AvgIpc) is 2.54. The summed E-state index contributed by atoms with van der Waals surface area (Å²) >= 11 is 0. The Labute approximate surface area is 157 Å². The van der Waals surface area contributed by atoms with Gasteiger partial charge in [0.15, 0.2) is 0 Å². The fourth-order valence-electron chi connectivity index (χ4n) is 3.13. The van der Waals surface area contributed by atoms with Crippen LogP contribution in [-0.2, 0) is 11.2 Å². The summed E-state index contributed by atoms with van der Waals surface area (Å²) in [5.41, 5.74) is 7.27. The second-order valence-corrected chi connectivity index (χ2v) is 7.89. The van der Waals surface area contributed by atoms with Gasteiger partial charge < -0.3 is 20.1 Å². The number of hydrogen-bond donors (Lipinski definition) is 1. The number of rotatable bonds is 5. The van der Waals surface area contributed by atoms with Crippen LogP contribution in [-0.4, -0.2) is 60.3 Å². The summed E-state index contributed by atoms with van der Waals surface area (Å²) in [5.74, 6) is 0.905. The number of hydrogen-bond acceptors (Lipinski definition) is 5. The Kier molecular flexibility index (Phi) is 6.75. The summed E-state index contributed by atoms with van der Waals surface area (Å²) in [4.78, 5) is 16.4. The number of nitrogens with zero attached hydrogens (tertiary/aromatic N) is 2. The van der Waals surface area contributed by atoms with Crippen molar-refractivity contribution in [1.82, 2.24) is 9.80 Å². The highest BCUT2D eigenvalue weighted by molar-refractivity contribution is 5.68. The molecule has 0 aliphatic carbocycles. The second-order valence-electron chi connectivity index (χ2n) is 7.89. The standard InChI is InChI=1S/C20H33N3O3/c1-6-16-13-17(21)7-8-18(16)25-12-11-22-9-10-23(15(2)14-22)19(24)26-20(3,4)5/h7-8,13,15H,6,9-12,14,21H2,1-5H3. The zero-order valence-corrected chi connectivity index (χ0v) is 16.7. The van der Waals surface area contributed by atoms with E-state index in [1.54, 1.807) is 0 Å². The Hall–Kier alpha value is -1.95. The quantitative estimate of drug-likeness (QED) is 0.814. The van der Waals surface area contributed by atoms with E-state index in [4.69, 9.17) is 15.2 Å². The number of carbonyl (C=O) groups is 1. The molecule has 0 bridgehead atoms. The Balaban J connectivity index is 1.80. The Bertz CT molecular complexity index is 613. The minimum atomic E-state index is -0.460. The van der Waals surface area contributed by atoms with Crippen molar-refractivity contribution in [2.75, 3.05) is 38.5 Å². The molecule has 1 aliphatic heterocycles. The van der Waals surface area contributed by atoms with Crippen LogP contribution >= 0.6 is 0 Å². The van der Waals surface area contributed by atoms with Crippen molar-refractivity contribution in [3.63, 3.8) is 0 Å². The molecule has 1 unspecified atom stereocenters. The van der Waals surface area contributed by atoms with E-state index in [9.17, 15) is 4.79 Å². The first kappa shape index (κ1) is 20.4. The van der Waals surface area contributed by atoms with E-state index in [2.05, 4.69) is 18.7 Å². The van der Waals surface area contributed by atoms with Crippen LogP contribution in [0.5, 0.6) is 5.75 Å². The van der Waals surface area contributed by atoms with Crippen molar-refractivity contribution in [1.29, 1.82) is 0 Å². The van der Waals surface area contributed by atoms with Gasteiger partial charge in [0.25, 0.3) is 0 Å². The zero-order chi connectivity index (χ0) is 19.3. The minimum absolute atomic E-state index is 0.126. The molecule has 1 aliphatic rings. The SMILES string of the molecule is CCc1cc(N)ccc1OCCN1CCN(C(=O)OC(C)(C)C)C(C)C1. The maximum atomic E-state index is 12.3. The van der Waals surface area contributed by atoms with Gasteiger partial charge in [-0.2, -0.15) is 0 Å². The van der Waals surface area contributed by atoms with Crippen LogP contribution in [0.4, 0.5) is 10.5 Å². The van der Waals surface area contributed by atoms with E-state index in [1.807, 2.05) is 43.9 Å². The van der Waals surface area contributed by atoms with Gasteiger partial charge in [-0.15, -0.1) is 0 Å². The first-order chi connectivity index (χ1) is 12.2. The van der Waals surface area contributed by atoms with Crippen molar-refractivity contribution in [2.24, 2.45) is 0 Å². The van der Waals surface area contributed by atoms with Crippen molar-refractivity contribution in [3.05, 3.63) is 23.8 Å². The maximum Gasteiger partial charge on any atom is 0.410 e. The highest BCUT2D eigenvalue weighted by atomic mass is 16.6. The molecule has 0 aromatic heterocycles. The number of nitrogens with two attached hydrogens (primary N) is 1. The molecule has 6 nitrogen and oxygen atoms in total. The molecule has 6 heteroatoms. The van der Waals surface area contributed by atoms with Crippen LogP contribution < -0.4 is 10.5 Å². The molecule has 1 saturated heterocycles. The van der Waals surface area contributed by atoms with Crippen LogP contribution in [0.25, 0.3) is 0 Å². The maximum absolute atomic E-state index is 12.3. The highest BCUT2D eigenvalue weighted by Gasteiger charge is 2.30. The monoisotopic (exact) mass is 363 g/mol. The van der Waals surface area contributed by atoms with Crippen molar-refractivity contribution < 1.29 is 14.3 Å². The Morgan fingerprint density at radius 1 is 1.31 bits per heavy atom. The second kappa shape index (κ2) is 8.62. The van der Waals surface area contributed by atoms with Crippen molar-refractivity contribution in [3.8, 4) is 5.75 Å². The lowest BCUT2D eigenvalue weighted by Crippen LogP contribution is -2.55. The van der Waals surface area contributed by atoms with Gasteiger partial charge in [-0.05, 0) is 57.9 Å². The summed E-state index contributed by atoms with van der Waals surface area (Å²) in [6.07, 6.45) is 0.668. The lowest BCUT2D eigenvalue weighted by molar-refractivity contribution is 0.000348. The van der Waals surface area contributed by atoms with E-state index in [0.29, 0.717) is 13.2 Å². The third-order valence-corrected chi connectivity index (χ3v) is 4.47. The van der Waals surface area contributed by atoms with Crippen LogP contribution in [0.2, 0.25) is 0 Å². The topological polar surface area (TPSA) is 68.0 Å². The first-order valence-electron chi connectivity index (χ1n) is 9.42. The molecule has 2 rings (SSSR count). The van der Waals surface area contributed by atoms with Gasteiger partial charge in [0.05, 0.1) is 0 Å². The van der Waals surface area contributed by atoms with E-state index >= 15 is 0 Å². The number of piperazine rings is 1. The van der Waals surface area contributed by atoms with Crippen molar-refractivity contribution in [2.45, 2.75) is 52.7 Å². The van der Waals surface area contributed by atoms with Gasteiger partial charge in [0, 0.05) is 37.9 Å². The van der Waals surface area contributed by atoms with Gasteiger partial charge in [0.2, 0.25) is 0 Å². The Morgan fingerprint density at radius 3 is 2.65 bits per heavy atom. The fourth-order valence-corrected chi connectivity index (χ4v) is 3.13. The number of anilines is 1. The lowest BCUT2D eigenvalue weighted by atomic mass is 10.1. The normalized spacial score (nSPS) is 18.7.